The summed E-state index contributed by atoms with van der Waals surface area (Å²) < 4.78 is 18.8. The van der Waals surface area contributed by atoms with Gasteiger partial charge in [0.05, 0.1) is 6.26 Å². The number of anilines is 1. The van der Waals surface area contributed by atoms with Gasteiger partial charge in [0.25, 0.3) is 0 Å². The molecule has 0 aliphatic carbocycles. The van der Waals surface area contributed by atoms with E-state index >= 15 is 0 Å². The molecule has 3 aromatic rings. The smallest absolute Gasteiger partial charge is 0.229 e. The first-order valence-corrected chi connectivity index (χ1v) is 8.03. The van der Waals surface area contributed by atoms with Crippen LogP contribution in [0.2, 0.25) is 0 Å². The molecular weight excluding hydrogens is 269 g/mol. The number of furan rings is 1. The van der Waals surface area contributed by atoms with E-state index in [1.165, 1.54) is 0 Å². The Kier molecular flexibility index (Phi) is 3.44. The lowest BCUT2D eigenvalue weighted by Gasteiger charge is -2.19. The minimum absolute atomic E-state index is 0.501. The van der Waals surface area contributed by atoms with Crippen molar-refractivity contribution in [2.45, 2.75) is 0 Å². The molecule has 0 aliphatic rings. The van der Waals surface area contributed by atoms with Crippen molar-refractivity contribution in [2.24, 2.45) is 0 Å². The summed E-state index contributed by atoms with van der Waals surface area (Å²) in [6, 6.07) is 22.3. The van der Waals surface area contributed by atoms with Crippen LogP contribution in [-0.4, -0.2) is 0 Å². The summed E-state index contributed by atoms with van der Waals surface area (Å²) in [5, 5.41) is 4.56. The Labute approximate surface area is 117 Å². The number of hydrogen-bond donors (Lipinski definition) is 1. The summed E-state index contributed by atoms with van der Waals surface area (Å²) in [6.45, 7) is 0. The molecule has 0 atom stereocenters. The summed E-state index contributed by atoms with van der Waals surface area (Å²) >= 11 is 0. The molecule has 1 heterocycles. The largest absolute Gasteiger partial charge is 0.449 e. The lowest BCUT2D eigenvalue weighted by molar-refractivity contribution is 0.575. The van der Waals surface area contributed by atoms with E-state index in [9.17, 15) is 4.57 Å². The van der Waals surface area contributed by atoms with E-state index in [0.29, 0.717) is 5.88 Å². The SMILES string of the molecule is O=P(Nc1ccco1)(c1ccccc1)c1ccccc1. The third-order valence-electron chi connectivity index (χ3n) is 3.03. The van der Waals surface area contributed by atoms with E-state index in [1.807, 2.05) is 60.7 Å². The molecule has 0 bridgehead atoms. The van der Waals surface area contributed by atoms with Crippen molar-refractivity contribution < 1.29 is 8.98 Å². The minimum atomic E-state index is -2.96. The van der Waals surface area contributed by atoms with Gasteiger partial charge in [-0.15, -0.1) is 0 Å². The van der Waals surface area contributed by atoms with E-state index in [4.69, 9.17) is 4.42 Å². The van der Waals surface area contributed by atoms with Gasteiger partial charge in [-0.1, -0.05) is 36.4 Å². The first kappa shape index (κ1) is 12.8. The standard InChI is InChI=1S/C16H14NO2P/c18-20(14-8-3-1-4-9-14,15-10-5-2-6-11-15)17-16-12-7-13-19-16/h1-13H,(H,17,18). The Morgan fingerprint density at radius 3 is 1.75 bits per heavy atom. The van der Waals surface area contributed by atoms with Crippen molar-refractivity contribution in [2.75, 3.05) is 5.09 Å². The normalized spacial score (nSPS) is 11.2. The number of rotatable bonds is 4. The quantitative estimate of drug-likeness (QED) is 0.744. The Balaban J connectivity index is 2.10. The maximum Gasteiger partial charge on any atom is 0.229 e. The lowest BCUT2D eigenvalue weighted by Crippen LogP contribution is -2.21. The van der Waals surface area contributed by atoms with Crippen molar-refractivity contribution in [3.8, 4) is 0 Å². The zero-order valence-electron chi connectivity index (χ0n) is 10.8. The fourth-order valence-corrected chi connectivity index (χ4v) is 4.23. The Morgan fingerprint density at radius 2 is 1.30 bits per heavy atom. The third-order valence-corrected chi connectivity index (χ3v) is 5.61. The molecule has 3 nitrogen and oxygen atoms in total. The number of benzene rings is 2. The topological polar surface area (TPSA) is 42.2 Å². The summed E-state index contributed by atoms with van der Waals surface area (Å²) in [5.41, 5.74) is 0. The predicted octanol–water partition coefficient (Wildman–Crippen LogP) is 3.62. The molecule has 0 unspecified atom stereocenters. The minimum Gasteiger partial charge on any atom is -0.449 e. The van der Waals surface area contributed by atoms with Crippen molar-refractivity contribution >= 4 is 23.8 Å². The fourth-order valence-electron chi connectivity index (χ4n) is 2.05. The summed E-state index contributed by atoms with van der Waals surface area (Å²) in [6.07, 6.45) is 1.56. The van der Waals surface area contributed by atoms with Crippen LogP contribution < -0.4 is 15.7 Å². The van der Waals surface area contributed by atoms with Crippen molar-refractivity contribution in [3.05, 3.63) is 79.1 Å². The van der Waals surface area contributed by atoms with Gasteiger partial charge in [0, 0.05) is 16.7 Å². The van der Waals surface area contributed by atoms with Crippen molar-refractivity contribution in [3.63, 3.8) is 0 Å². The van der Waals surface area contributed by atoms with Crippen molar-refractivity contribution in [1.29, 1.82) is 0 Å². The Bertz CT molecular complexity index is 665. The van der Waals surface area contributed by atoms with Gasteiger partial charge in [-0.3, -0.25) is 9.65 Å². The van der Waals surface area contributed by atoms with Gasteiger partial charge in [-0.25, -0.2) is 0 Å². The predicted molar refractivity (Wildman–Crippen MR) is 82.1 cm³/mol. The monoisotopic (exact) mass is 283 g/mol. The van der Waals surface area contributed by atoms with Crippen LogP contribution in [0.5, 0.6) is 0 Å². The second-order valence-corrected chi connectivity index (χ2v) is 6.84. The molecule has 0 aliphatic heterocycles. The van der Waals surface area contributed by atoms with Crippen LogP contribution >= 0.6 is 7.29 Å². The first-order chi connectivity index (χ1) is 9.79. The highest BCUT2D eigenvalue weighted by molar-refractivity contribution is 7.80. The average Bonchev–Trinajstić information content (AvgIpc) is 3.02. The molecule has 1 aromatic heterocycles. The van der Waals surface area contributed by atoms with E-state index in [2.05, 4.69) is 5.09 Å². The van der Waals surface area contributed by atoms with E-state index < -0.39 is 7.29 Å². The van der Waals surface area contributed by atoms with Gasteiger partial charge in [0.15, 0.2) is 5.88 Å². The molecule has 100 valence electrons. The summed E-state index contributed by atoms with van der Waals surface area (Å²) in [5.74, 6) is 0.501. The van der Waals surface area contributed by atoms with Crippen LogP contribution in [0.15, 0.2) is 83.5 Å². The lowest BCUT2D eigenvalue weighted by atomic mass is 10.4. The van der Waals surface area contributed by atoms with Gasteiger partial charge < -0.3 is 4.42 Å². The molecular formula is C16H14NO2P. The Morgan fingerprint density at radius 1 is 0.750 bits per heavy atom. The van der Waals surface area contributed by atoms with Crippen LogP contribution in [0.25, 0.3) is 0 Å². The molecule has 0 saturated heterocycles. The highest BCUT2D eigenvalue weighted by atomic mass is 31.2. The molecule has 0 radical (unpaired) electrons. The van der Waals surface area contributed by atoms with Crippen molar-refractivity contribution in [1.82, 2.24) is 0 Å². The molecule has 3 rings (SSSR count). The van der Waals surface area contributed by atoms with Crippen LogP contribution in [0.1, 0.15) is 0 Å². The molecule has 0 saturated carbocycles. The summed E-state index contributed by atoms with van der Waals surface area (Å²) in [7, 11) is -2.96. The van der Waals surface area contributed by atoms with Gasteiger partial charge in [0.2, 0.25) is 7.29 Å². The molecule has 2 aromatic carbocycles. The molecule has 4 heteroatoms. The first-order valence-electron chi connectivity index (χ1n) is 6.32. The Hall–Kier alpha value is -2.25. The van der Waals surface area contributed by atoms with Gasteiger partial charge >= 0.3 is 0 Å². The van der Waals surface area contributed by atoms with E-state index in [-0.39, 0.29) is 0 Å². The second-order valence-electron chi connectivity index (χ2n) is 4.37. The molecule has 0 amide bonds. The maximum atomic E-state index is 13.5. The van der Waals surface area contributed by atoms with Crippen LogP contribution in [0.4, 0.5) is 5.88 Å². The average molecular weight is 283 g/mol. The number of hydrogen-bond acceptors (Lipinski definition) is 2. The van der Waals surface area contributed by atoms with E-state index in [1.54, 1.807) is 18.4 Å². The highest BCUT2D eigenvalue weighted by Gasteiger charge is 2.27. The van der Waals surface area contributed by atoms with Gasteiger partial charge in [0.1, 0.15) is 0 Å². The van der Waals surface area contributed by atoms with Crippen LogP contribution in [0, 0.1) is 0 Å². The van der Waals surface area contributed by atoms with E-state index in [0.717, 1.165) is 10.6 Å². The zero-order chi connectivity index (χ0) is 13.8. The third kappa shape index (κ3) is 2.40. The fraction of sp³-hybridized carbons (Fsp3) is 0. The van der Waals surface area contributed by atoms with Gasteiger partial charge in [-0.05, 0) is 30.3 Å². The zero-order valence-corrected chi connectivity index (χ0v) is 11.7. The maximum absolute atomic E-state index is 13.5. The van der Waals surface area contributed by atoms with Gasteiger partial charge in [-0.2, -0.15) is 0 Å². The molecule has 0 fully saturated rings. The molecule has 1 N–H and O–H groups in total. The van der Waals surface area contributed by atoms with Crippen LogP contribution in [-0.2, 0) is 4.57 Å². The van der Waals surface area contributed by atoms with Crippen LogP contribution in [0.3, 0.4) is 0 Å². The number of nitrogens with one attached hydrogen (secondary N) is 1. The molecule has 0 spiro atoms. The summed E-state index contributed by atoms with van der Waals surface area (Å²) in [4.78, 5) is 0. The molecule has 20 heavy (non-hydrogen) atoms. The second kappa shape index (κ2) is 5.40. The highest BCUT2D eigenvalue weighted by Crippen LogP contribution is 2.43.